The van der Waals surface area contributed by atoms with Gasteiger partial charge in [-0.25, -0.2) is 0 Å². The monoisotopic (exact) mass is 274 g/mol. The summed E-state index contributed by atoms with van der Waals surface area (Å²) >= 11 is 6.97. The molecule has 1 aliphatic heterocycles. The van der Waals surface area contributed by atoms with Crippen molar-refractivity contribution < 1.29 is 9.90 Å². The van der Waals surface area contributed by atoms with E-state index < -0.39 is 6.23 Å². The predicted molar refractivity (Wildman–Crippen MR) is 68.4 cm³/mol. The normalized spacial score (nSPS) is 18.9. The number of aliphatic hydroxyl groups is 1. The van der Waals surface area contributed by atoms with Crippen molar-refractivity contribution in [1.82, 2.24) is 10.6 Å². The number of thiophene rings is 1. The zero-order valence-electron chi connectivity index (χ0n) is 9.28. The molecule has 1 amide bonds. The van der Waals surface area contributed by atoms with Gasteiger partial charge in [0.1, 0.15) is 6.23 Å². The molecule has 3 N–H and O–H groups in total. The molecular formula is C11H15ClN2O2S. The van der Waals surface area contributed by atoms with Crippen LogP contribution in [0.1, 0.15) is 22.5 Å². The van der Waals surface area contributed by atoms with Gasteiger partial charge >= 0.3 is 0 Å². The second kappa shape index (κ2) is 5.82. The molecule has 0 spiro atoms. The molecule has 0 aliphatic carbocycles. The summed E-state index contributed by atoms with van der Waals surface area (Å²) in [4.78, 5) is 12.3. The highest BCUT2D eigenvalue weighted by Crippen LogP contribution is 2.22. The van der Waals surface area contributed by atoms with Gasteiger partial charge in [-0.1, -0.05) is 11.6 Å². The third-order valence-corrected chi connectivity index (χ3v) is 4.14. The van der Waals surface area contributed by atoms with E-state index in [2.05, 4.69) is 10.6 Å². The molecule has 0 radical (unpaired) electrons. The lowest BCUT2D eigenvalue weighted by molar-refractivity contribution is 0.0488. The van der Waals surface area contributed by atoms with E-state index in [-0.39, 0.29) is 11.8 Å². The molecule has 1 aliphatic rings. The number of amides is 1. The Balaban J connectivity index is 1.89. The average Bonchev–Trinajstić information content (AvgIpc) is 2.77. The molecule has 0 unspecified atom stereocenters. The number of aliphatic hydroxyl groups excluding tert-OH is 1. The Kier molecular flexibility index (Phi) is 4.39. The average molecular weight is 275 g/mol. The number of hydrogen-bond acceptors (Lipinski definition) is 4. The first kappa shape index (κ1) is 12.8. The maximum Gasteiger partial charge on any atom is 0.263 e. The maximum atomic E-state index is 11.8. The van der Waals surface area contributed by atoms with Crippen LogP contribution in [0.2, 0.25) is 4.34 Å². The molecule has 1 aromatic rings. The van der Waals surface area contributed by atoms with E-state index >= 15 is 0 Å². The summed E-state index contributed by atoms with van der Waals surface area (Å²) in [6, 6.07) is 3.34. The molecule has 6 heteroatoms. The molecule has 17 heavy (non-hydrogen) atoms. The van der Waals surface area contributed by atoms with E-state index in [1.165, 1.54) is 11.3 Å². The third-order valence-electron chi connectivity index (χ3n) is 2.91. The van der Waals surface area contributed by atoms with Crippen molar-refractivity contribution in [2.75, 3.05) is 13.1 Å². The zero-order valence-corrected chi connectivity index (χ0v) is 10.9. The first-order valence-electron chi connectivity index (χ1n) is 5.62. The van der Waals surface area contributed by atoms with Crippen LogP contribution in [0.15, 0.2) is 12.1 Å². The minimum atomic E-state index is -0.773. The van der Waals surface area contributed by atoms with Gasteiger partial charge in [0, 0.05) is 5.92 Å². The molecular weight excluding hydrogens is 260 g/mol. The van der Waals surface area contributed by atoms with Gasteiger partial charge in [-0.3, -0.25) is 4.79 Å². The highest BCUT2D eigenvalue weighted by atomic mass is 35.5. The zero-order chi connectivity index (χ0) is 12.3. The Morgan fingerprint density at radius 1 is 1.53 bits per heavy atom. The number of nitrogens with one attached hydrogen (secondary N) is 2. The third kappa shape index (κ3) is 3.42. The lowest BCUT2D eigenvalue weighted by Gasteiger charge is -2.27. The van der Waals surface area contributed by atoms with Gasteiger partial charge in [0.2, 0.25) is 0 Å². The standard InChI is InChI=1S/C11H15ClN2O2S/c12-9-2-1-8(17-9)11(16)14-10(15)7-3-5-13-6-4-7/h1-2,7,10,13,15H,3-6H2,(H,14,16)/t10-/m1/s1. The number of rotatable bonds is 3. The summed E-state index contributed by atoms with van der Waals surface area (Å²) in [5, 5.41) is 15.8. The molecule has 0 aromatic carbocycles. The summed E-state index contributed by atoms with van der Waals surface area (Å²) in [5.74, 6) is -0.122. The lowest BCUT2D eigenvalue weighted by Crippen LogP contribution is -2.44. The van der Waals surface area contributed by atoms with Crippen LogP contribution in [0.3, 0.4) is 0 Å². The quantitative estimate of drug-likeness (QED) is 0.731. The molecule has 94 valence electrons. The first-order chi connectivity index (χ1) is 8.16. The highest BCUT2D eigenvalue weighted by molar-refractivity contribution is 7.17. The van der Waals surface area contributed by atoms with Crippen LogP contribution in [0.5, 0.6) is 0 Å². The van der Waals surface area contributed by atoms with Crippen molar-refractivity contribution in [2.45, 2.75) is 19.1 Å². The fourth-order valence-corrected chi connectivity index (χ4v) is 2.87. The SMILES string of the molecule is O=C(N[C@H](O)C1CCNCC1)c1ccc(Cl)s1. The van der Waals surface area contributed by atoms with Crippen molar-refractivity contribution in [1.29, 1.82) is 0 Å². The molecule has 1 atom stereocenters. The Bertz CT molecular complexity index is 391. The van der Waals surface area contributed by atoms with Crippen molar-refractivity contribution in [3.8, 4) is 0 Å². The Labute approximate surface area is 109 Å². The van der Waals surface area contributed by atoms with Crippen LogP contribution < -0.4 is 10.6 Å². The fourth-order valence-electron chi connectivity index (χ4n) is 1.92. The van der Waals surface area contributed by atoms with E-state index in [9.17, 15) is 9.90 Å². The van der Waals surface area contributed by atoms with Gasteiger partial charge < -0.3 is 15.7 Å². The molecule has 0 bridgehead atoms. The summed E-state index contributed by atoms with van der Waals surface area (Å²) in [7, 11) is 0. The Morgan fingerprint density at radius 2 is 2.24 bits per heavy atom. The fraction of sp³-hybridized carbons (Fsp3) is 0.545. The Hall–Kier alpha value is -0.620. The van der Waals surface area contributed by atoms with Crippen molar-refractivity contribution in [3.63, 3.8) is 0 Å². The molecule has 2 rings (SSSR count). The van der Waals surface area contributed by atoms with E-state index in [1.54, 1.807) is 12.1 Å². The summed E-state index contributed by atoms with van der Waals surface area (Å²) < 4.78 is 0.575. The smallest absolute Gasteiger partial charge is 0.263 e. The number of carbonyl (C=O) groups is 1. The van der Waals surface area contributed by atoms with Gasteiger partial charge in [-0.15, -0.1) is 11.3 Å². The predicted octanol–water partition coefficient (Wildman–Crippen LogP) is 1.45. The molecule has 1 fully saturated rings. The van der Waals surface area contributed by atoms with Crippen molar-refractivity contribution >= 4 is 28.8 Å². The van der Waals surface area contributed by atoms with E-state index in [1.807, 2.05) is 0 Å². The second-order valence-electron chi connectivity index (χ2n) is 4.11. The van der Waals surface area contributed by atoms with Crippen molar-refractivity contribution in [2.24, 2.45) is 5.92 Å². The van der Waals surface area contributed by atoms with Crippen LogP contribution in [0.4, 0.5) is 0 Å². The van der Waals surface area contributed by atoms with Crippen LogP contribution in [-0.2, 0) is 0 Å². The van der Waals surface area contributed by atoms with E-state index in [0.717, 1.165) is 25.9 Å². The van der Waals surface area contributed by atoms with Gasteiger partial charge in [-0.05, 0) is 38.1 Å². The second-order valence-corrected chi connectivity index (χ2v) is 5.82. The highest BCUT2D eigenvalue weighted by Gasteiger charge is 2.23. The van der Waals surface area contributed by atoms with Gasteiger partial charge in [0.25, 0.3) is 5.91 Å². The minimum absolute atomic E-state index is 0.135. The van der Waals surface area contributed by atoms with Gasteiger partial charge in [0.15, 0.2) is 0 Å². The van der Waals surface area contributed by atoms with E-state index in [0.29, 0.717) is 9.21 Å². The number of carbonyl (C=O) groups excluding carboxylic acids is 1. The molecule has 2 heterocycles. The van der Waals surface area contributed by atoms with E-state index in [4.69, 9.17) is 11.6 Å². The number of hydrogen-bond donors (Lipinski definition) is 3. The van der Waals surface area contributed by atoms with Gasteiger partial charge in [-0.2, -0.15) is 0 Å². The molecule has 1 aromatic heterocycles. The van der Waals surface area contributed by atoms with Crippen LogP contribution in [0, 0.1) is 5.92 Å². The topological polar surface area (TPSA) is 61.4 Å². The van der Waals surface area contributed by atoms with Gasteiger partial charge in [0.05, 0.1) is 9.21 Å². The first-order valence-corrected chi connectivity index (χ1v) is 6.81. The molecule has 4 nitrogen and oxygen atoms in total. The van der Waals surface area contributed by atoms with Crippen molar-refractivity contribution in [3.05, 3.63) is 21.3 Å². The molecule has 1 saturated heterocycles. The van der Waals surface area contributed by atoms with Crippen LogP contribution in [-0.4, -0.2) is 30.3 Å². The summed E-state index contributed by atoms with van der Waals surface area (Å²) in [5.41, 5.74) is 0. The Morgan fingerprint density at radius 3 is 2.82 bits per heavy atom. The number of halogens is 1. The lowest BCUT2D eigenvalue weighted by atomic mass is 9.96. The number of piperidine rings is 1. The minimum Gasteiger partial charge on any atom is -0.373 e. The summed E-state index contributed by atoms with van der Waals surface area (Å²) in [6.07, 6.45) is 0.990. The van der Waals surface area contributed by atoms with Crippen LogP contribution >= 0.6 is 22.9 Å². The molecule has 0 saturated carbocycles. The largest absolute Gasteiger partial charge is 0.373 e. The maximum absolute atomic E-state index is 11.8. The summed E-state index contributed by atoms with van der Waals surface area (Å²) in [6.45, 7) is 1.78. The van der Waals surface area contributed by atoms with Crippen LogP contribution in [0.25, 0.3) is 0 Å².